The Kier molecular flexibility index (Phi) is 1.96. The summed E-state index contributed by atoms with van der Waals surface area (Å²) in [5.41, 5.74) is -0.336. The maximum atomic E-state index is 10.8. The van der Waals surface area contributed by atoms with Gasteiger partial charge in [0.25, 0.3) is 0 Å². The quantitative estimate of drug-likeness (QED) is 0.539. The van der Waals surface area contributed by atoms with Crippen molar-refractivity contribution in [2.75, 3.05) is 0 Å². The van der Waals surface area contributed by atoms with Crippen LogP contribution in [0.1, 0.15) is 18.7 Å². The SMILES string of the molecule is CC(O)c1[nH]ccc(=O)c1O. The molecule has 1 atom stereocenters. The lowest BCUT2D eigenvalue weighted by molar-refractivity contribution is 0.189. The molecule has 4 heteroatoms. The number of nitrogens with one attached hydrogen (secondary N) is 1. The Bertz CT molecular complexity index is 303. The van der Waals surface area contributed by atoms with Crippen molar-refractivity contribution in [1.29, 1.82) is 0 Å². The zero-order chi connectivity index (χ0) is 8.43. The fraction of sp³-hybridized carbons (Fsp3) is 0.286. The fourth-order valence-electron chi connectivity index (χ4n) is 0.806. The van der Waals surface area contributed by atoms with E-state index in [2.05, 4.69) is 4.98 Å². The zero-order valence-electron chi connectivity index (χ0n) is 6.03. The van der Waals surface area contributed by atoms with Crippen molar-refractivity contribution in [2.45, 2.75) is 13.0 Å². The third kappa shape index (κ3) is 1.40. The van der Waals surface area contributed by atoms with Crippen LogP contribution in [-0.4, -0.2) is 15.2 Å². The highest BCUT2D eigenvalue weighted by Crippen LogP contribution is 2.15. The molecule has 11 heavy (non-hydrogen) atoms. The first kappa shape index (κ1) is 7.81. The topological polar surface area (TPSA) is 73.3 Å². The molecular weight excluding hydrogens is 146 g/mol. The minimum Gasteiger partial charge on any atom is -0.503 e. The molecule has 0 bridgehead atoms. The van der Waals surface area contributed by atoms with Crippen molar-refractivity contribution in [3.05, 3.63) is 28.2 Å². The normalized spacial score (nSPS) is 12.9. The van der Waals surface area contributed by atoms with Crippen molar-refractivity contribution in [3.63, 3.8) is 0 Å². The van der Waals surface area contributed by atoms with E-state index < -0.39 is 17.3 Å². The molecule has 0 spiro atoms. The van der Waals surface area contributed by atoms with Crippen molar-refractivity contribution in [1.82, 2.24) is 4.98 Å². The smallest absolute Gasteiger partial charge is 0.223 e. The van der Waals surface area contributed by atoms with Crippen LogP contribution in [-0.2, 0) is 0 Å². The first-order valence-corrected chi connectivity index (χ1v) is 3.21. The predicted molar refractivity (Wildman–Crippen MR) is 39.4 cm³/mol. The van der Waals surface area contributed by atoms with Gasteiger partial charge < -0.3 is 15.2 Å². The van der Waals surface area contributed by atoms with Crippen LogP contribution in [0.5, 0.6) is 5.75 Å². The van der Waals surface area contributed by atoms with Gasteiger partial charge in [0.2, 0.25) is 5.43 Å². The number of aliphatic hydroxyl groups is 1. The van der Waals surface area contributed by atoms with Gasteiger partial charge in [-0.3, -0.25) is 4.79 Å². The highest BCUT2D eigenvalue weighted by atomic mass is 16.3. The molecule has 1 aromatic heterocycles. The first-order chi connectivity index (χ1) is 5.13. The molecule has 0 aliphatic carbocycles. The van der Waals surface area contributed by atoms with E-state index in [1.54, 1.807) is 0 Å². The van der Waals surface area contributed by atoms with E-state index in [4.69, 9.17) is 10.2 Å². The van der Waals surface area contributed by atoms with Gasteiger partial charge in [-0.15, -0.1) is 0 Å². The second-order valence-corrected chi connectivity index (χ2v) is 2.28. The summed E-state index contributed by atoms with van der Waals surface area (Å²) >= 11 is 0. The van der Waals surface area contributed by atoms with E-state index in [9.17, 15) is 4.79 Å². The van der Waals surface area contributed by atoms with Crippen LogP contribution in [0.15, 0.2) is 17.1 Å². The van der Waals surface area contributed by atoms with E-state index in [1.165, 1.54) is 19.2 Å². The minimum absolute atomic E-state index is 0.150. The molecule has 4 nitrogen and oxygen atoms in total. The molecule has 0 amide bonds. The van der Waals surface area contributed by atoms with E-state index in [-0.39, 0.29) is 5.69 Å². The molecule has 1 unspecified atom stereocenters. The number of rotatable bonds is 1. The summed E-state index contributed by atoms with van der Waals surface area (Å²) in [4.78, 5) is 13.3. The summed E-state index contributed by atoms with van der Waals surface area (Å²) in [5.74, 6) is -0.414. The van der Waals surface area contributed by atoms with Crippen LogP contribution >= 0.6 is 0 Å². The lowest BCUT2D eigenvalue weighted by Crippen LogP contribution is -2.05. The summed E-state index contributed by atoms with van der Waals surface area (Å²) in [5, 5.41) is 18.1. The number of H-pyrrole nitrogens is 1. The molecule has 0 fully saturated rings. The number of aromatic hydroxyl groups is 1. The molecular formula is C7H9NO3. The molecule has 1 aromatic rings. The number of hydrogen-bond acceptors (Lipinski definition) is 3. The fourth-order valence-corrected chi connectivity index (χ4v) is 0.806. The predicted octanol–water partition coefficient (Wildman–Crippen LogP) is 0.134. The van der Waals surface area contributed by atoms with E-state index in [0.29, 0.717) is 0 Å². The lowest BCUT2D eigenvalue weighted by atomic mass is 10.2. The van der Waals surface area contributed by atoms with Crippen LogP contribution in [0.4, 0.5) is 0 Å². The van der Waals surface area contributed by atoms with Gasteiger partial charge in [-0.2, -0.15) is 0 Å². The van der Waals surface area contributed by atoms with E-state index in [1.807, 2.05) is 0 Å². The van der Waals surface area contributed by atoms with Crippen molar-refractivity contribution < 1.29 is 10.2 Å². The van der Waals surface area contributed by atoms with Crippen molar-refractivity contribution in [2.24, 2.45) is 0 Å². The summed E-state index contributed by atoms with van der Waals surface area (Å²) in [6, 6.07) is 1.20. The molecule has 0 aromatic carbocycles. The Balaban J connectivity index is 3.28. The molecule has 0 saturated heterocycles. The molecule has 3 N–H and O–H groups in total. The molecule has 0 aliphatic rings. The molecule has 0 aliphatic heterocycles. The lowest BCUT2D eigenvalue weighted by Gasteiger charge is -2.04. The maximum absolute atomic E-state index is 10.8. The van der Waals surface area contributed by atoms with Gasteiger partial charge >= 0.3 is 0 Å². The first-order valence-electron chi connectivity index (χ1n) is 3.21. The Morgan fingerprint density at radius 2 is 2.27 bits per heavy atom. The summed E-state index contributed by atoms with van der Waals surface area (Å²) in [6.07, 6.45) is 0.522. The summed E-state index contributed by atoms with van der Waals surface area (Å²) < 4.78 is 0. The Morgan fingerprint density at radius 3 is 2.73 bits per heavy atom. The minimum atomic E-state index is -0.858. The van der Waals surface area contributed by atoms with E-state index in [0.717, 1.165) is 0 Å². The number of aromatic nitrogens is 1. The van der Waals surface area contributed by atoms with Crippen LogP contribution < -0.4 is 5.43 Å². The largest absolute Gasteiger partial charge is 0.503 e. The highest BCUT2D eigenvalue weighted by Gasteiger charge is 2.08. The van der Waals surface area contributed by atoms with Gasteiger partial charge in [0.1, 0.15) is 0 Å². The second kappa shape index (κ2) is 2.75. The van der Waals surface area contributed by atoms with Gasteiger partial charge in [-0.1, -0.05) is 0 Å². The van der Waals surface area contributed by atoms with Gasteiger partial charge in [0, 0.05) is 12.3 Å². The average Bonchev–Trinajstić information content (AvgIpc) is 1.94. The van der Waals surface area contributed by atoms with Crippen molar-refractivity contribution >= 4 is 0 Å². The zero-order valence-corrected chi connectivity index (χ0v) is 6.03. The number of hydrogen-bond donors (Lipinski definition) is 3. The third-order valence-corrected chi connectivity index (χ3v) is 1.38. The molecule has 60 valence electrons. The van der Waals surface area contributed by atoms with Crippen molar-refractivity contribution in [3.8, 4) is 5.75 Å². The maximum Gasteiger partial charge on any atom is 0.223 e. The van der Waals surface area contributed by atoms with Crippen LogP contribution in [0.3, 0.4) is 0 Å². The Hall–Kier alpha value is -1.29. The number of pyridine rings is 1. The number of aromatic amines is 1. The number of aliphatic hydroxyl groups excluding tert-OH is 1. The average molecular weight is 155 g/mol. The van der Waals surface area contributed by atoms with Gasteiger partial charge in [-0.05, 0) is 6.92 Å². The van der Waals surface area contributed by atoms with Gasteiger partial charge in [-0.25, -0.2) is 0 Å². The molecule has 0 saturated carbocycles. The molecule has 1 heterocycles. The summed E-state index contributed by atoms with van der Waals surface area (Å²) in [7, 11) is 0. The second-order valence-electron chi connectivity index (χ2n) is 2.28. The monoisotopic (exact) mass is 155 g/mol. The standard InChI is InChI=1S/C7H9NO3/c1-4(9)6-7(11)5(10)2-3-8-6/h2-4,9,11H,1H3,(H,8,10). The van der Waals surface area contributed by atoms with Crippen LogP contribution in [0.25, 0.3) is 0 Å². The Morgan fingerprint density at radius 1 is 1.64 bits per heavy atom. The highest BCUT2D eigenvalue weighted by molar-refractivity contribution is 5.26. The van der Waals surface area contributed by atoms with Gasteiger partial charge in [0.15, 0.2) is 5.75 Å². The third-order valence-electron chi connectivity index (χ3n) is 1.38. The molecule has 1 rings (SSSR count). The Labute approximate surface area is 63.1 Å². The van der Waals surface area contributed by atoms with Crippen LogP contribution in [0, 0.1) is 0 Å². The van der Waals surface area contributed by atoms with Gasteiger partial charge in [0.05, 0.1) is 11.8 Å². The summed E-state index contributed by atoms with van der Waals surface area (Å²) in [6.45, 7) is 1.46. The van der Waals surface area contributed by atoms with Crippen LogP contribution in [0.2, 0.25) is 0 Å². The molecule has 0 radical (unpaired) electrons. The van der Waals surface area contributed by atoms with E-state index >= 15 is 0 Å².